The number of benzene rings is 1. The Bertz CT molecular complexity index is 284. The molecule has 12 heavy (non-hydrogen) atoms. The Labute approximate surface area is 99.2 Å². The normalized spacial score (nSPS) is 9.83. The van der Waals surface area contributed by atoms with E-state index < -0.39 is 0 Å². The van der Waals surface area contributed by atoms with Crippen LogP contribution in [0.3, 0.4) is 0 Å². The summed E-state index contributed by atoms with van der Waals surface area (Å²) in [5, 5.41) is 9.46. The maximum Gasteiger partial charge on any atom is 0.142 e. The highest BCUT2D eigenvalue weighted by atomic mass is 127. The van der Waals surface area contributed by atoms with Crippen molar-refractivity contribution in [1.29, 1.82) is 0 Å². The molecule has 0 aliphatic carbocycles. The summed E-state index contributed by atoms with van der Waals surface area (Å²) in [6.45, 7) is 3.67. The number of phenolic OH excluding ortho intramolecular Hbond substituents is 1. The molecule has 0 spiro atoms. The first-order valence-electron chi connectivity index (χ1n) is 3.43. The zero-order valence-corrected chi connectivity index (χ0v) is 10.7. The Morgan fingerprint density at radius 2 is 1.83 bits per heavy atom. The molecule has 0 atom stereocenters. The van der Waals surface area contributed by atoms with Crippen LogP contribution in [0, 0.1) is 7.14 Å². The lowest BCUT2D eigenvalue weighted by atomic mass is 10.1. The van der Waals surface area contributed by atoms with E-state index >= 15 is 0 Å². The average molecular weight is 386 g/mol. The fraction of sp³-hybridized carbons (Fsp3) is 0.111. The lowest BCUT2D eigenvalue weighted by molar-refractivity contribution is 0.467. The Hall–Kier alpha value is 0.220. The number of aromatic hydroxyl groups is 1. The van der Waals surface area contributed by atoms with Gasteiger partial charge in [0.1, 0.15) is 5.75 Å². The molecule has 0 bridgehead atoms. The fourth-order valence-electron chi connectivity index (χ4n) is 0.903. The second kappa shape index (κ2) is 4.45. The molecule has 1 rings (SSSR count). The van der Waals surface area contributed by atoms with Crippen LogP contribution in [0.15, 0.2) is 24.8 Å². The number of hydrogen-bond acceptors (Lipinski definition) is 1. The van der Waals surface area contributed by atoms with Crippen molar-refractivity contribution < 1.29 is 5.11 Å². The molecular weight excluding hydrogens is 378 g/mol. The summed E-state index contributed by atoms with van der Waals surface area (Å²) in [5.74, 6) is 0.379. The van der Waals surface area contributed by atoms with Gasteiger partial charge in [-0.1, -0.05) is 6.08 Å². The third-order valence-electron chi connectivity index (χ3n) is 1.46. The van der Waals surface area contributed by atoms with Gasteiger partial charge in [-0.2, -0.15) is 0 Å². The molecule has 0 fully saturated rings. The molecule has 0 amide bonds. The van der Waals surface area contributed by atoms with Gasteiger partial charge in [-0.25, -0.2) is 0 Å². The van der Waals surface area contributed by atoms with E-state index in [1.54, 1.807) is 0 Å². The largest absolute Gasteiger partial charge is 0.506 e. The first-order chi connectivity index (χ1) is 5.65. The van der Waals surface area contributed by atoms with E-state index in [1.165, 1.54) is 5.56 Å². The van der Waals surface area contributed by atoms with Crippen molar-refractivity contribution in [2.24, 2.45) is 0 Å². The topological polar surface area (TPSA) is 20.2 Å². The van der Waals surface area contributed by atoms with Crippen LogP contribution < -0.4 is 0 Å². The van der Waals surface area contributed by atoms with Gasteiger partial charge in [-0.3, -0.25) is 0 Å². The van der Waals surface area contributed by atoms with Crippen LogP contribution in [-0.2, 0) is 6.42 Å². The van der Waals surface area contributed by atoms with Gasteiger partial charge in [0.25, 0.3) is 0 Å². The minimum atomic E-state index is 0.379. The Morgan fingerprint density at radius 1 is 1.33 bits per heavy atom. The SMILES string of the molecule is C=CCc1cc(I)c(O)c(I)c1. The molecule has 0 saturated carbocycles. The van der Waals surface area contributed by atoms with Gasteiger partial charge in [-0.05, 0) is 69.3 Å². The second-order valence-corrected chi connectivity index (χ2v) is 4.73. The van der Waals surface area contributed by atoms with E-state index in [1.807, 2.05) is 18.2 Å². The minimum absolute atomic E-state index is 0.379. The van der Waals surface area contributed by atoms with Crippen LogP contribution in [0.1, 0.15) is 5.56 Å². The Balaban J connectivity index is 3.11. The van der Waals surface area contributed by atoms with E-state index in [2.05, 4.69) is 51.8 Å². The molecular formula is C9H8I2O. The predicted octanol–water partition coefficient (Wildman–Crippen LogP) is 3.33. The molecule has 3 heteroatoms. The first kappa shape index (κ1) is 10.3. The van der Waals surface area contributed by atoms with Crippen LogP contribution in [0.25, 0.3) is 0 Å². The molecule has 1 aromatic carbocycles. The number of rotatable bonds is 2. The highest BCUT2D eigenvalue weighted by Gasteiger charge is 2.03. The summed E-state index contributed by atoms with van der Waals surface area (Å²) in [6, 6.07) is 3.94. The molecule has 0 radical (unpaired) electrons. The van der Waals surface area contributed by atoms with Gasteiger partial charge >= 0.3 is 0 Å². The fourth-order valence-corrected chi connectivity index (χ4v) is 2.80. The van der Waals surface area contributed by atoms with Gasteiger partial charge in [0.2, 0.25) is 0 Å². The number of phenols is 1. The molecule has 0 saturated heterocycles. The van der Waals surface area contributed by atoms with Crippen molar-refractivity contribution in [3.63, 3.8) is 0 Å². The van der Waals surface area contributed by atoms with Crippen LogP contribution in [0.2, 0.25) is 0 Å². The summed E-state index contributed by atoms with van der Waals surface area (Å²) >= 11 is 4.25. The highest BCUT2D eigenvalue weighted by molar-refractivity contribution is 14.1. The monoisotopic (exact) mass is 386 g/mol. The lowest BCUT2D eigenvalue weighted by Crippen LogP contribution is -1.86. The van der Waals surface area contributed by atoms with Crippen molar-refractivity contribution >= 4 is 45.2 Å². The summed E-state index contributed by atoms with van der Waals surface area (Å²) in [5.41, 5.74) is 1.19. The zero-order valence-electron chi connectivity index (χ0n) is 6.35. The van der Waals surface area contributed by atoms with E-state index in [4.69, 9.17) is 0 Å². The quantitative estimate of drug-likeness (QED) is 0.611. The van der Waals surface area contributed by atoms with E-state index in [0.29, 0.717) is 5.75 Å². The van der Waals surface area contributed by atoms with Gasteiger partial charge in [0, 0.05) is 0 Å². The Morgan fingerprint density at radius 3 is 2.25 bits per heavy atom. The number of allylic oxidation sites excluding steroid dienone is 1. The third kappa shape index (κ3) is 2.35. The molecule has 0 aliphatic heterocycles. The molecule has 64 valence electrons. The summed E-state index contributed by atoms with van der Waals surface area (Å²) in [7, 11) is 0. The van der Waals surface area contributed by atoms with Crippen LogP contribution in [-0.4, -0.2) is 5.11 Å². The molecule has 1 N–H and O–H groups in total. The van der Waals surface area contributed by atoms with Crippen molar-refractivity contribution in [2.75, 3.05) is 0 Å². The minimum Gasteiger partial charge on any atom is -0.506 e. The van der Waals surface area contributed by atoms with E-state index in [9.17, 15) is 5.11 Å². The van der Waals surface area contributed by atoms with Gasteiger partial charge < -0.3 is 5.11 Å². The smallest absolute Gasteiger partial charge is 0.142 e. The van der Waals surface area contributed by atoms with E-state index in [-0.39, 0.29) is 0 Å². The number of hydrogen-bond donors (Lipinski definition) is 1. The maximum absolute atomic E-state index is 9.46. The molecule has 1 nitrogen and oxygen atoms in total. The summed E-state index contributed by atoms with van der Waals surface area (Å²) in [6.07, 6.45) is 2.71. The second-order valence-electron chi connectivity index (χ2n) is 2.40. The molecule has 0 aromatic heterocycles. The number of halogens is 2. The molecule has 0 unspecified atom stereocenters. The molecule has 0 aliphatic rings. The summed E-state index contributed by atoms with van der Waals surface area (Å²) < 4.78 is 1.80. The van der Waals surface area contributed by atoms with Crippen LogP contribution in [0.4, 0.5) is 0 Å². The Kier molecular flexibility index (Phi) is 3.82. The molecule has 1 aromatic rings. The highest BCUT2D eigenvalue weighted by Crippen LogP contribution is 2.27. The maximum atomic E-state index is 9.46. The third-order valence-corrected chi connectivity index (χ3v) is 3.10. The van der Waals surface area contributed by atoms with Gasteiger partial charge in [0.05, 0.1) is 7.14 Å². The first-order valence-corrected chi connectivity index (χ1v) is 5.58. The lowest BCUT2D eigenvalue weighted by Gasteiger charge is -2.03. The standard InChI is InChI=1S/C9H8I2O/c1-2-3-6-4-7(10)9(12)8(11)5-6/h2,4-5,12H,1,3H2. The van der Waals surface area contributed by atoms with Crippen molar-refractivity contribution in [2.45, 2.75) is 6.42 Å². The van der Waals surface area contributed by atoms with Gasteiger partial charge in [0.15, 0.2) is 0 Å². The molecule has 0 heterocycles. The zero-order chi connectivity index (χ0) is 9.14. The van der Waals surface area contributed by atoms with Gasteiger partial charge in [-0.15, -0.1) is 6.58 Å². The van der Waals surface area contributed by atoms with Crippen molar-refractivity contribution in [3.05, 3.63) is 37.5 Å². The van der Waals surface area contributed by atoms with Crippen LogP contribution >= 0.6 is 45.2 Å². The van der Waals surface area contributed by atoms with Crippen LogP contribution in [0.5, 0.6) is 5.75 Å². The summed E-state index contributed by atoms with van der Waals surface area (Å²) in [4.78, 5) is 0. The van der Waals surface area contributed by atoms with Crippen molar-refractivity contribution in [3.8, 4) is 5.75 Å². The van der Waals surface area contributed by atoms with E-state index in [0.717, 1.165) is 13.6 Å². The average Bonchev–Trinajstić information content (AvgIpc) is 2.01. The van der Waals surface area contributed by atoms with Crippen molar-refractivity contribution in [1.82, 2.24) is 0 Å². The predicted molar refractivity (Wildman–Crippen MR) is 67.4 cm³/mol.